The average molecular weight is 230 g/mol. The first kappa shape index (κ1) is 11.6. The van der Waals surface area contributed by atoms with E-state index in [0.717, 1.165) is 12.1 Å². The lowest BCUT2D eigenvalue weighted by Crippen LogP contribution is -2.27. The number of hydrogen-bond acceptors (Lipinski definition) is 4. The van der Waals surface area contributed by atoms with Crippen molar-refractivity contribution < 1.29 is 4.74 Å². The molecule has 0 aromatic carbocycles. The molecule has 0 fully saturated rings. The lowest BCUT2D eigenvalue weighted by Gasteiger charge is -2.10. The van der Waals surface area contributed by atoms with Gasteiger partial charge in [-0.1, -0.05) is 12.2 Å². The summed E-state index contributed by atoms with van der Waals surface area (Å²) in [5.74, 6) is 0. The lowest BCUT2D eigenvalue weighted by atomic mass is 10.3. The van der Waals surface area contributed by atoms with Gasteiger partial charge in [0.1, 0.15) is 11.1 Å². The van der Waals surface area contributed by atoms with Crippen molar-refractivity contribution in [2.24, 2.45) is 5.73 Å². The number of nitrogens with two attached hydrogens (primary N) is 1. The molecule has 14 heavy (non-hydrogen) atoms. The summed E-state index contributed by atoms with van der Waals surface area (Å²) in [4.78, 5) is 5.83. The highest BCUT2D eigenvalue weighted by Gasteiger charge is 2.06. The van der Waals surface area contributed by atoms with Gasteiger partial charge in [-0.3, -0.25) is 0 Å². The number of thiazole rings is 1. The quantitative estimate of drug-likeness (QED) is 0.782. The maximum atomic E-state index is 5.44. The first-order valence-electron chi connectivity index (χ1n) is 4.41. The Labute approximate surface area is 93.3 Å². The zero-order valence-electron chi connectivity index (χ0n) is 8.32. The molecule has 1 rings (SSSR count). The Balaban J connectivity index is 2.29. The summed E-state index contributed by atoms with van der Waals surface area (Å²) < 4.78 is 5.44. The van der Waals surface area contributed by atoms with Gasteiger partial charge in [0.05, 0.1) is 17.8 Å². The summed E-state index contributed by atoms with van der Waals surface area (Å²) in [5.41, 5.74) is 8.36. The predicted molar refractivity (Wildman–Crippen MR) is 62.8 cm³/mol. The van der Waals surface area contributed by atoms with E-state index in [0.29, 0.717) is 11.6 Å². The summed E-state index contributed by atoms with van der Waals surface area (Å²) in [6.07, 6.45) is 0.738. The minimum atomic E-state index is -0.141. The summed E-state index contributed by atoms with van der Waals surface area (Å²) in [6, 6.07) is 0. The molecule has 0 bridgehead atoms. The monoisotopic (exact) mass is 230 g/mol. The van der Waals surface area contributed by atoms with Crippen LogP contribution in [-0.2, 0) is 11.2 Å². The number of thiocarbonyl (C=S) groups is 1. The Morgan fingerprint density at radius 1 is 1.79 bits per heavy atom. The zero-order chi connectivity index (χ0) is 10.6. The molecule has 0 saturated heterocycles. The molecule has 0 radical (unpaired) electrons. The van der Waals surface area contributed by atoms with Gasteiger partial charge in [-0.25, -0.2) is 4.98 Å². The second-order valence-electron chi connectivity index (χ2n) is 3.03. The number of aromatic nitrogens is 1. The lowest BCUT2D eigenvalue weighted by molar-refractivity contribution is 0.114. The molecule has 1 aromatic rings. The van der Waals surface area contributed by atoms with Crippen molar-refractivity contribution in [2.45, 2.75) is 26.4 Å². The highest BCUT2D eigenvalue weighted by molar-refractivity contribution is 7.80. The standard InChI is InChI=1S/C9H14N2OS2/c1-6-8(14-5-11-6)3-4-12-7(2)9(10)13/h5,7H,3-4H2,1-2H3,(H2,10,13). The van der Waals surface area contributed by atoms with Crippen molar-refractivity contribution in [1.29, 1.82) is 0 Å². The summed E-state index contributed by atoms with van der Waals surface area (Å²) >= 11 is 6.45. The number of nitrogens with zero attached hydrogens (tertiary/aromatic N) is 1. The molecule has 0 aliphatic heterocycles. The summed E-state index contributed by atoms with van der Waals surface area (Å²) in [7, 11) is 0. The van der Waals surface area contributed by atoms with E-state index in [1.807, 2.05) is 19.4 Å². The fourth-order valence-corrected chi connectivity index (χ4v) is 1.81. The third kappa shape index (κ3) is 3.32. The minimum Gasteiger partial charge on any atom is -0.391 e. The molecule has 1 aromatic heterocycles. The first-order chi connectivity index (χ1) is 6.61. The Morgan fingerprint density at radius 3 is 3.00 bits per heavy atom. The molecule has 0 aliphatic carbocycles. The maximum absolute atomic E-state index is 5.44. The normalized spacial score (nSPS) is 12.7. The largest absolute Gasteiger partial charge is 0.391 e. The van der Waals surface area contributed by atoms with Crippen LogP contribution in [0.3, 0.4) is 0 Å². The van der Waals surface area contributed by atoms with E-state index in [1.165, 1.54) is 4.88 Å². The van der Waals surface area contributed by atoms with Crippen LogP contribution in [0.15, 0.2) is 5.51 Å². The number of hydrogen-bond donors (Lipinski definition) is 1. The van der Waals surface area contributed by atoms with Crippen molar-refractivity contribution in [3.8, 4) is 0 Å². The second kappa shape index (κ2) is 5.38. The molecule has 0 aliphatic rings. The van der Waals surface area contributed by atoms with Crippen LogP contribution in [0.4, 0.5) is 0 Å². The first-order valence-corrected chi connectivity index (χ1v) is 5.70. The van der Waals surface area contributed by atoms with E-state index in [2.05, 4.69) is 4.98 Å². The third-order valence-electron chi connectivity index (χ3n) is 1.94. The Kier molecular flexibility index (Phi) is 4.44. The fourth-order valence-electron chi connectivity index (χ4n) is 0.977. The Bertz CT molecular complexity index is 312. The van der Waals surface area contributed by atoms with Crippen LogP contribution in [0.2, 0.25) is 0 Å². The van der Waals surface area contributed by atoms with Crippen LogP contribution in [0.1, 0.15) is 17.5 Å². The van der Waals surface area contributed by atoms with Crippen LogP contribution < -0.4 is 5.73 Å². The topological polar surface area (TPSA) is 48.1 Å². The van der Waals surface area contributed by atoms with E-state index in [-0.39, 0.29) is 6.10 Å². The van der Waals surface area contributed by atoms with E-state index >= 15 is 0 Å². The highest BCUT2D eigenvalue weighted by atomic mass is 32.1. The third-order valence-corrected chi connectivity index (χ3v) is 3.27. The molecular weight excluding hydrogens is 216 g/mol. The Hall–Kier alpha value is -0.520. The van der Waals surface area contributed by atoms with Gasteiger partial charge < -0.3 is 10.5 Å². The van der Waals surface area contributed by atoms with Crippen molar-refractivity contribution in [3.63, 3.8) is 0 Å². The molecule has 1 atom stereocenters. The van der Waals surface area contributed by atoms with Gasteiger partial charge in [0, 0.05) is 11.3 Å². The molecule has 1 heterocycles. The van der Waals surface area contributed by atoms with E-state index in [9.17, 15) is 0 Å². The number of ether oxygens (including phenoxy) is 1. The van der Waals surface area contributed by atoms with E-state index < -0.39 is 0 Å². The maximum Gasteiger partial charge on any atom is 0.104 e. The van der Waals surface area contributed by atoms with Gasteiger partial charge in [0.2, 0.25) is 0 Å². The van der Waals surface area contributed by atoms with Gasteiger partial charge >= 0.3 is 0 Å². The second-order valence-corrected chi connectivity index (χ2v) is 4.44. The van der Waals surface area contributed by atoms with Crippen LogP contribution in [0.5, 0.6) is 0 Å². The van der Waals surface area contributed by atoms with E-state index in [4.69, 9.17) is 22.7 Å². The van der Waals surface area contributed by atoms with Crippen LogP contribution in [-0.4, -0.2) is 22.7 Å². The zero-order valence-corrected chi connectivity index (χ0v) is 9.95. The molecule has 0 amide bonds. The van der Waals surface area contributed by atoms with Gasteiger partial charge in [-0.15, -0.1) is 11.3 Å². The van der Waals surface area contributed by atoms with Gasteiger partial charge in [-0.2, -0.15) is 0 Å². The van der Waals surface area contributed by atoms with Gasteiger partial charge in [0.15, 0.2) is 0 Å². The van der Waals surface area contributed by atoms with Crippen molar-refractivity contribution >= 4 is 28.5 Å². The molecule has 3 nitrogen and oxygen atoms in total. The number of aryl methyl sites for hydroxylation is 1. The van der Waals surface area contributed by atoms with Crippen LogP contribution in [0.25, 0.3) is 0 Å². The minimum absolute atomic E-state index is 0.141. The smallest absolute Gasteiger partial charge is 0.104 e. The molecule has 1 unspecified atom stereocenters. The fraction of sp³-hybridized carbons (Fsp3) is 0.556. The van der Waals surface area contributed by atoms with Gasteiger partial charge in [-0.05, 0) is 13.8 Å². The number of rotatable bonds is 5. The molecule has 2 N–H and O–H groups in total. The van der Waals surface area contributed by atoms with Crippen LogP contribution >= 0.6 is 23.6 Å². The molecule has 5 heteroatoms. The highest BCUT2D eigenvalue weighted by Crippen LogP contribution is 2.12. The molecular formula is C9H14N2OS2. The SMILES string of the molecule is Cc1ncsc1CCOC(C)C(N)=S. The van der Waals surface area contributed by atoms with Gasteiger partial charge in [0.25, 0.3) is 0 Å². The summed E-state index contributed by atoms with van der Waals surface area (Å²) in [6.45, 7) is 4.51. The predicted octanol–water partition coefficient (Wildman–Crippen LogP) is 1.69. The summed E-state index contributed by atoms with van der Waals surface area (Å²) in [5, 5.41) is 0. The molecule has 0 spiro atoms. The Morgan fingerprint density at radius 2 is 2.50 bits per heavy atom. The average Bonchev–Trinajstić information content (AvgIpc) is 2.51. The van der Waals surface area contributed by atoms with E-state index in [1.54, 1.807) is 11.3 Å². The molecule has 78 valence electrons. The van der Waals surface area contributed by atoms with Crippen molar-refractivity contribution in [1.82, 2.24) is 4.98 Å². The van der Waals surface area contributed by atoms with Crippen LogP contribution in [0, 0.1) is 6.92 Å². The molecule has 0 saturated carbocycles. The van der Waals surface area contributed by atoms with Crippen molar-refractivity contribution in [3.05, 3.63) is 16.1 Å². The van der Waals surface area contributed by atoms with Crippen molar-refractivity contribution in [2.75, 3.05) is 6.61 Å².